The standard InChI is InChI=1S/C18H30N4O2.HI/c1-6-24-18(23)22-16(7-12(2)3)11-20-17(19)21-15-9-13(4)8-14(5)10-15;/h8-10,12,16H,6-7,11H2,1-5H3,(H,22,23)(H3,19,20,21);1H. The van der Waals surface area contributed by atoms with Crippen LogP contribution in [-0.4, -0.2) is 31.2 Å². The molecule has 0 spiro atoms. The molecule has 0 saturated heterocycles. The van der Waals surface area contributed by atoms with E-state index in [-0.39, 0.29) is 30.0 Å². The third kappa shape index (κ3) is 10.2. The summed E-state index contributed by atoms with van der Waals surface area (Å²) in [6, 6.07) is 6.01. The van der Waals surface area contributed by atoms with Gasteiger partial charge in [-0.3, -0.25) is 4.99 Å². The van der Waals surface area contributed by atoms with Gasteiger partial charge in [-0.2, -0.15) is 0 Å². The summed E-state index contributed by atoms with van der Waals surface area (Å²) in [5, 5.41) is 5.93. The van der Waals surface area contributed by atoms with Gasteiger partial charge in [-0.1, -0.05) is 19.9 Å². The number of hydrogen-bond acceptors (Lipinski definition) is 3. The molecule has 0 heterocycles. The highest BCUT2D eigenvalue weighted by atomic mass is 127. The van der Waals surface area contributed by atoms with Crippen LogP contribution in [0.15, 0.2) is 23.2 Å². The Morgan fingerprint density at radius 2 is 1.84 bits per heavy atom. The second kappa shape index (κ2) is 11.9. The van der Waals surface area contributed by atoms with E-state index in [1.807, 2.05) is 26.0 Å². The highest BCUT2D eigenvalue weighted by molar-refractivity contribution is 14.0. The van der Waals surface area contributed by atoms with Crippen LogP contribution in [0.25, 0.3) is 0 Å². The van der Waals surface area contributed by atoms with Gasteiger partial charge in [-0.05, 0) is 56.4 Å². The predicted octanol–water partition coefficient (Wildman–Crippen LogP) is 3.81. The van der Waals surface area contributed by atoms with Crippen LogP contribution < -0.4 is 16.4 Å². The lowest BCUT2D eigenvalue weighted by molar-refractivity contribution is 0.147. The van der Waals surface area contributed by atoms with Gasteiger partial charge in [0.15, 0.2) is 5.96 Å². The smallest absolute Gasteiger partial charge is 0.407 e. The summed E-state index contributed by atoms with van der Waals surface area (Å²) < 4.78 is 4.94. The molecular weight excluding hydrogens is 431 g/mol. The molecule has 1 aromatic carbocycles. The Morgan fingerprint density at radius 3 is 2.36 bits per heavy atom. The molecule has 0 aliphatic heterocycles. The highest BCUT2D eigenvalue weighted by Crippen LogP contribution is 2.13. The maximum atomic E-state index is 11.6. The minimum Gasteiger partial charge on any atom is -0.450 e. The molecule has 0 aliphatic carbocycles. The summed E-state index contributed by atoms with van der Waals surface area (Å²) >= 11 is 0. The van der Waals surface area contributed by atoms with Gasteiger partial charge in [0.25, 0.3) is 0 Å². The molecule has 1 unspecified atom stereocenters. The molecule has 6 nitrogen and oxygen atoms in total. The quantitative estimate of drug-likeness (QED) is 0.327. The van der Waals surface area contributed by atoms with Gasteiger partial charge >= 0.3 is 6.09 Å². The van der Waals surface area contributed by atoms with Crippen molar-refractivity contribution in [2.75, 3.05) is 18.5 Å². The van der Waals surface area contributed by atoms with E-state index in [9.17, 15) is 4.79 Å². The number of nitrogens with one attached hydrogen (secondary N) is 2. The van der Waals surface area contributed by atoms with E-state index in [0.717, 1.165) is 23.2 Å². The Morgan fingerprint density at radius 1 is 1.24 bits per heavy atom. The third-order valence-corrected chi connectivity index (χ3v) is 3.33. The van der Waals surface area contributed by atoms with Crippen LogP contribution in [0.1, 0.15) is 38.3 Å². The Bertz CT molecular complexity index is 556. The molecule has 4 N–H and O–H groups in total. The zero-order valence-electron chi connectivity index (χ0n) is 15.8. The number of halogens is 1. The summed E-state index contributed by atoms with van der Waals surface area (Å²) in [4.78, 5) is 16.0. The molecule has 0 aromatic heterocycles. The average molecular weight is 462 g/mol. The van der Waals surface area contributed by atoms with Crippen LogP contribution in [0.2, 0.25) is 0 Å². The van der Waals surface area contributed by atoms with Gasteiger partial charge in [0.05, 0.1) is 19.2 Å². The number of carbonyl (C=O) groups excluding carboxylic acids is 1. The predicted molar refractivity (Wildman–Crippen MR) is 115 cm³/mol. The van der Waals surface area contributed by atoms with E-state index in [1.54, 1.807) is 6.92 Å². The van der Waals surface area contributed by atoms with Crippen molar-refractivity contribution in [2.24, 2.45) is 16.6 Å². The van der Waals surface area contributed by atoms with Crippen molar-refractivity contribution >= 4 is 41.7 Å². The van der Waals surface area contributed by atoms with Gasteiger partial charge in [0.1, 0.15) is 0 Å². The van der Waals surface area contributed by atoms with Crippen molar-refractivity contribution in [3.05, 3.63) is 29.3 Å². The van der Waals surface area contributed by atoms with Crippen LogP contribution in [0, 0.1) is 19.8 Å². The molecule has 0 bridgehead atoms. The van der Waals surface area contributed by atoms with Crippen LogP contribution in [0.4, 0.5) is 10.5 Å². The molecule has 1 atom stereocenters. The summed E-state index contributed by atoms with van der Waals surface area (Å²) in [6.45, 7) is 10.8. The maximum Gasteiger partial charge on any atom is 0.407 e. The first-order valence-electron chi connectivity index (χ1n) is 8.38. The van der Waals surface area contributed by atoms with Gasteiger partial charge in [-0.15, -0.1) is 24.0 Å². The van der Waals surface area contributed by atoms with E-state index in [2.05, 4.69) is 35.5 Å². The fourth-order valence-corrected chi connectivity index (χ4v) is 2.53. The Balaban J connectivity index is 0.00000576. The fraction of sp³-hybridized carbons (Fsp3) is 0.556. The first-order valence-corrected chi connectivity index (χ1v) is 8.38. The van der Waals surface area contributed by atoms with Gasteiger partial charge in [0, 0.05) is 5.69 Å². The molecule has 0 fully saturated rings. The topological polar surface area (TPSA) is 88.7 Å². The monoisotopic (exact) mass is 462 g/mol. The summed E-state index contributed by atoms with van der Waals surface area (Å²) in [5.41, 5.74) is 9.20. The molecule has 25 heavy (non-hydrogen) atoms. The number of benzene rings is 1. The average Bonchev–Trinajstić information content (AvgIpc) is 2.43. The SMILES string of the molecule is CCOC(=O)NC(CN=C(N)Nc1cc(C)cc(C)c1)CC(C)C.I. The van der Waals surface area contributed by atoms with Crippen molar-refractivity contribution in [1.82, 2.24) is 5.32 Å². The van der Waals surface area contributed by atoms with Gasteiger partial charge in [-0.25, -0.2) is 4.79 Å². The largest absolute Gasteiger partial charge is 0.450 e. The number of aryl methyl sites for hydroxylation is 2. The summed E-state index contributed by atoms with van der Waals surface area (Å²) in [7, 11) is 0. The molecule has 1 amide bonds. The van der Waals surface area contributed by atoms with E-state index >= 15 is 0 Å². The van der Waals surface area contributed by atoms with Crippen LogP contribution >= 0.6 is 24.0 Å². The number of ether oxygens (including phenoxy) is 1. The van der Waals surface area contributed by atoms with Crippen LogP contribution in [-0.2, 0) is 4.74 Å². The number of nitrogens with two attached hydrogens (primary N) is 1. The van der Waals surface area contributed by atoms with Gasteiger partial charge in [0.2, 0.25) is 0 Å². The number of anilines is 1. The van der Waals surface area contributed by atoms with E-state index in [1.165, 1.54) is 0 Å². The maximum absolute atomic E-state index is 11.6. The third-order valence-electron chi connectivity index (χ3n) is 3.33. The zero-order valence-corrected chi connectivity index (χ0v) is 18.1. The summed E-state index contributed by atoms with van der Waals surface area (Å²) in [5.74, 6) is 0.764. The Kier molecular flexibility index (Phi) is 11.2. The van der Waals surface area contributed by atoms with Crippen molar-refractivity contribution < 1.29 is 9.53 Å². The number of hydrogen-bond donors (Lipinski definition) is 3. The summed E-state index contributed by atoms with van der Waals surface area (Å²) in [6.07, 6.45) is 0.387. The lowest BCUT2D eigenvalue weighted by Gasteiger charge is -2.19. The van der Waals surface area contributed by atoms with Crippen LogP contribution in [0.3, 0.4) is 0 Å². The van der Waals surface area contributed by atoms with Crippen molar-refractivity contribution in [3.8, 4) is 0 Å². The molecular formula is C18H31IN4O2. The second-order valence-electron chi connectivity index (χ2n) is 6.42. The lowest BCUT2D eigenvalue weighted by atomic mass is 10.0. The number of amides is 1. The number of guanidine groups is 1. The number of rotatable bonds is 7. The molecule has 0 aliphatic rings. The number of nitrogens with zero attached hydrogens (tertiary/aromatic N) is 1. The normalized spacial score (nSPS) is 12.3. The molecule has 1 aromatic rings. The molecule has 142 valence electrons. The molecule has 0 saturated carbocycles. The number of alkyl carbamates (subject to hydrolysis) is 1. The van der Waals surface area contributed by atoms with Crippen molar-refractivity contribution in [1.29, 1.82) is 0 Å². The van der Waals surface area contributed by atoms with Crippen molar-refractivity contribution in [2.45, 2.75) is 47.1 Å². The number of carbonyl (C=O) groups is 1. The molecule has 1 rings (SSSR count). The minimum absolute atomic E-state index is 0. The molecule has 7 heteroatoms. The fourth-order valence-electron chi connectivity index (χ4n) is 2.53. The van der Waals surface area contributed by atoms with Crippen LogP contribution in [0.5, 0.6) is 0 Å². The minimum atomic E-state index is -0.417. The van der Waals surface area contributed by atoms with Gasteiger partial charge < -0.3 is 21.1 Å². The van der Waals surface area contributed by atoms with E-state index in [0.29, 0.717) is 25.0 Å². The molecule has 0 radical (unpaired) electrons. The Labute approximate surface area is 168 Å². The second-order valence-corrected chi connectivity index (χ2v) is 6.42. The number of aliphatic imine (C=N–C) groups is 1. The highest BCUT2D eigenvalue weighted by Gasteiger charge is 2.14. The first kappa shape index (κ1) is 23.5. The van der Waals surface area contributed by atoms with Crippen molar-refractivity contribution in [3.63, 3.8) is 0 Å². The zero-order chi connectivity index (χ0) is 18.1. The van der Waals surface area contributed by atoms with E-state index in [4.69, 9.17) is 10.5 Å². The van der Waals surface area contributed by atoms with E-state index < -0.39 is 6.09 Å². The lowest BCUT2D eigenvalue weighted by Crippen LogP contribution is -2.39. The first-order chi connectivity index (χ1) is 11.3. The Hall–Kier alpha value is -1.51.